The molecule has 11 nitrogen and oxygen atoms in total. The molecule has 12 heteroatoms. The normalized spacial score (nSPS) is 18.8. The van der Waals surface area contributed by atoms with Crippen molar-refractivity contribution >= 4 is 19.8 Å². The van der Waals surface area contributed by atoms with E-state index in [0.717, 1.165) is 50.9 Å². The van der Waals surface area contributed by atoms with Crippen molar-refractivity contribution in [2.45, 2.75) is 180 Å². The quantitative estimate of drug-likeness (QED) is 0.0183. The lowest BCUT2D eigenvalue weighted by Gasteiger charge is -2.20. The van der Waals surface area contributed by atoms with E-state index in [1.165, 1.54) is 57.8 Å². The Morgan fingerprint density at radius 2 is 1.32 bits per heavy atom. The molecule has 1 fully saturated rings. The number of allylic oxidation sites excluding steroid dienone is 4. The maximum Gasteiger partial charge on any atom is 0.472 e. The van der Waals surface area contributed by atoms with Crippen LogP contribution in [0.2, 0.25) is 0 Å². The van der Waals surface area contributed by atoms with Crippen LogP contribution in [0.1, 0.15) is 156 Å². The molecule has 0 aromatic rings. The lowest BCUT2D eigenvalue weighted by Crippen LogP contribution is -2.29. The summed E-state index contributed by atoms with van der Waals surface area (Å²) in [4.78, 5) is 34.9. The zero-order valence-corrected chi connectivity index (χ0v) is 34.0. The Morgan fingerprint density at radius 1 is 0.736 bits per heavy atom. The van der Waals surface area contributed by atoms with E-state index in [1.54, 1.807) is 0 Å². The van der Waals surface area contributed by atoms with Gasteiger partial charge in [0, 0.05) is 12.8 Å². The fraction of sp³-hybridized carbons (Fsp3) is 0.805. The van der Waals surface area contributed by atoms with E-state index in [0.29, 0.717) is 31.5 Å². The van der Waals surface area contributed by atoms with E-state index in [4.69, 9.17) is 23.8 Å². The smallest absolute Gasteiger partial charge is 0.462 e. The summed E-state index contributed by atoms with van der Waals surface area (Å²) in [7, 11) is -4.63. The molecular weight excluding hydrogens is 699 g/mol. The van der Waals surface area contributed by atoms with Crippen molar-refractivity contribution in [3.63, 3.8) is 0 Å². The largest absolute Gasteiger partial charge is 0.472 e. The molecule has 1 aliphatic heterocycles. The van der Waals surface area contributed by atoms with Crippen molar-refractivity contribution in [1.82, 2.24) is 0 Å². The van der Waals surface area contributed by atoms with E-state index >= 15 is 0 Å². The van der Waals surface area contributed by atoms with Gasteiger partial charge in [-0.1, -0.05) is 128 Å². The van der Waals surface area contributed by atoms with Gasteiger partial charge in [-0.15, -0.1) is 0 Å². The second-order valence-corrected chi connectivity index (χ2v) is 15.7. The molecule has 0 aromatic carbocycles. The molecule has 0 aliphatic carbocycles. The number of carbonyl (C=O) groups excluding carboxylic acids is 2. The van der Waals surface area contributed by atoms with E-state index in [-0.39, 0.29) is 19.4 Å². The van der Waals surface area contributed by atoms with Crippen molar-refractivity contribution < 1.29 is 52.5 Å². The molecular formula is C41H73O11P. The Morgan fingerprint density at radius 3 is 2.00 bits per heavy atom. The van der Waals surface area contributed by atoms with Crippen molar-refractivity contribution in [3.05, 3.63) is 36.5 Å². The number of hydrogen-bond acceptors (Lipinski definition) is 10. The van der Waals surface area contributed by atoms with E-state index in [9.17, 15) is 24.2 Å². The molecule has 308 valence electrons. The van der Waals surface area contributed by atoms with Gasteiger partial charge in [0.1, 0.15) is 12.7 Å². The van der Waals surface area contributed by atoms with Gasteiger partial charge < -0.3 is 29.3 Å². The zero-order valence-electron chi connectivity index (χ0n) is 33.1. The first-order chi connectivity index (χ1) is 25.6. The number of hydrogen-bond donors (Lipinski definition) is 3. The molecule has 1 aliphatic rings. The number of aliphatic hydroxyl groups is 2. The fourth-order valence-electron chi connectivity index (χ4n) is 5.53. The Kier molecular flexibility index (Phi) is 30.1. The first kappa shape index (κ1) is 49.2. The minimum atomic E-state index is -4.63. The lowest BCUT2D eigenvalue weighted by atomic mass is 9.99. The monoisotopic (exact) mass is 772 g/mol. The molecule has 1 saturated heterocycles. The predicted octanol–water partition coefficient (Wildman–Crippen LogP) is 9.23. The molecule has 4 unspecified atom stereocenters. The number of carbonyl (C=O) groups is 2. The minimum Gasteiger partial charge on any atom is -0.462 e. The molecule has 1 heterocycles. The van der Waals surface area contributed by atoms with Gasteiger partial charge in [0.05, 0.1) is 32.0 Å². The molecule has 0 spiro atoms. The number of esters is 2. The number of aliphatic hydroxyl groups excluding tert-OH is 2. The number of rotatable bonds is 36. The molecule has 0 bridgehead atoms. The van der Waals surface area contributed by atoms with Gasteiger partial charge in [-0.05, 0) is 57.3 Å². The second kappa shape index (κ2) is 32.4. The third-order valence-electron chi connectivity index (χ3n) is 9.24. The van der Waals surface area contributed by atoms with Crippen LogP contribution >= 0.6 is 7.82 Å². The zero-order chi connectivity index (χ0) is 39.0. The molecule has 1 rings (SSSR count). The third-order valence-corrected chi connectivity index (χ3v) is 10.2. The summed E-state index contributed by atoms with van der Waals surface area (Å²) >= 11 is 0. The average Bonchev–Trinajstić information content (AvgIpc) is 3.90. The first-order valence-corrected chi connectivity index (χ1v) is 22.0. The second-order valence-electron chi connectivity index (χ2n) is 14.3. The standard InChI is InChI=1S/C41H73O11P/c1-4-6-7-8-17-22-27-38-39(52-38)28-23-18-13-11-15-19-24-29-40(44)48-33-37(34-50-53(46,47)49-32-36(43)31-42)51-41(45)30-25-20-14-10-9-12-16-21-26-35(3)5-2/h11,15,17-18,22-23,35-39,42-43H,4-10,12-14,16,19-21,24-34H2,1-3H3,(H,46,47)/b15-11-,22-17-,23-18-/t35?,36-,37+,38?,39?/m0/s1. The lowest BCUT2D eigenvalue weighted by molar-refractivity contribution is -0.161. The number of epoxide rings is 1. The van der Waals surface area contributed by atoms with Crippen LogP contribution in [-0.2, 0) is 37.4 Å². The SMILES string of the molecule is CCCCC/C=C\CC1OC1C/C=C\C/C=C\CCCC(=O)OC[C@H](COP(=O)(O)OC[C@@H](O)CO)OC(=O)CCCCCCCCCCC(C)CC. The first-order valence-electron chi connectivity index (χ1n) is 20.5. The highest BCUT2D eigenvalue weighted by Crippen LogP contribution is 2.43. The van der Waals surface area contributed by atoms with Crippen LogP contribution in [0.4, 0.5) is 0 Å². The summed E-state index contributed by atoms with van der Waals surface area (Å²) < 4.78 is 38.3. The number of phosphoric acid groups is 1. The molecule has 6 atom stereocenters. The van der Waals surface area contributed by atoms with Gasteiger partial charge in [-0.3, -0.25) is 18.6 Å². The summed E-state index contributed by atoms with van der Waals surface area (Å²) in [6.07, 6.45) is 31.5. The highest BCUT2D eigenvalue weighted by molar-refractivity contribution is 7.47. The van der Waals surface area contributed by atoms with Crippen LogP contribution in [0, 0.1) is 5.92 Å². The van der Waals surface area contributed by atoms with Crippen LogP contribution in [-0.4, -0.2) is 77.9 Å². The Bertz CT molecular complexity index is 1060. The van der Waals surface area contributed by atoms with Crippen LogP contribution in [0.15, 0.2) is 36.5 Å². The molecule has 0 radical (unpaired) electrons. The van der Waals surface area contributed by atoms with Gasteiger partial charge in [0.2, 0.25) is 0 Å². The molecule has 3 N–H and O–H groups in total. The summed E-state index contributed by atoms with van der Waals surface area (Å²) in [6, 6.07) is 0. The average molecular weight is 773 g/mol. The van der Waals surface area contributed by atoms with Gasteiger partial charge >= 0.3 is 19.8 Å². The maximum absolute atomic E-state index is 12.6. The van der Waals surface area contributed by atoms with E-state index in [1.807, 2.05) is 6.08 Å². The molecule has 0 aromatic heterocycles. The topological polar surface area (TPSA) is 161 Å². The highest BCUT2D eigenvalue weighted by atomic mass is 31.2. The number of phosphoric ester groups is 1. The minimum absolute atomic E-state index is 0.160. The molecule has 0 saturated carbocycles. The van der Waals surface area contributed by atoms with E-state index < -0.39 is 51.8 Å². The summed E-state index contributed by atoms with van der Waals surface area (Å²) in [5, 5.41) is 18.3. The third kappa shape index (κ3) is 30.1. The van der Waals surface area contributed by atoms with Gasteiger partial charge in [-0.25, -0.2) is 4.57 Å². The van der Waals surface area contributed by atoms with Gasteiger partial charge in [-0.2, -0.15) is 0 Å². The Labute approximate surface area is 320 Å². The van der Waals surface area contributed by atoms with E-state index in [2.05, 4.69) is 55.7 Å². The van der Waals surface area contributed by atoms with Crippen molar-refractivity contribution in [2.75, 3.05) is 26.4 Å². The molecule has 0 amide bonds. The van der Waals surface area contributed by atoms with Crippen molar-refractivity contribution in [2.24, 2.45) is 5.92 Å². The summed E-state index contributed by atoms with van der Waals surface area (Å²) in [6.45, 7) is 4.57. The maximum atomic E-state index is 12.6. The fourth-order valence-corrected chi connectivity index (χ4v) is 6.32. The summed E-state index contributed by atoms with van der Waals surface area (Å²) in [5.41, 5.74) is 0. The van der Waals surface area contributed by atoms with Crippen LogP contribution in [0.25, 0.3) is 0 Å². The van der Waals surface area contributed by atoms with Gasteiger partial charge in [0.25, 0.3) is 0 Å². The van der Waals surface area contributed by atoms with Crippen LogP contribution < -0.4 is 0 Å². The van der Waals surface area contributed by atoms with Crippen molar-refractivity contribution in [1.29, 1.82) is 0 Å². The van der Waals surface area contributed by atoms with Crippen LogP contribution in [0.3, 0.4) is 0 Å². The highest BCUT2D eigenvalue weighted by Gasteiger charge is 2.36. The Balaban J connectivity index is 2.32. The number of ether oxygens (including phenoxy) is 3. The van der Waals surface area contributed by atoms with Crippen molar-refractivity contribution in [3.8, 4) is 0 Å². The van der Waals surface area contributed by atoms with Gasteiger partial charge in [0.15, 0.2) is 6.10 Å². The van der Waals surface area contributed by atoms with Crippen LogP contribution in [0.5, 0.6) is 0 Å². The molecule has 53 heavy (non-hydrogen) atoms. The Hall–Kier alpha value is -1.85. The predicted molar refractivity (Wildman–Crippen MR) is 209 cm³/mol. The number of unbranched alkanes of at least 4 members (excludes halogenated alkanes) is 11. The summed E-state index contributed by atoms with van der Waals surface area (Å²) in [5.74, 6) is -0.197.